The van der Waals surface area contributed by atoms with Crippen LogP contribution in [-0.2, 0) is 19.1 Å². The maximum Gasteiger partial charge on any atom is 0.306 e. The van der Waals surface area contributed by atoms with Gasteiger partial charge in [0.25, 0.3) is 0 Å². The normalized spacial score (nSPS) is 13.6. The molecule has 6 heteroatoms. The number of hydrogen-bond acceptors (Lipinski definition) is 6. The van der Waals surface area contributed by atoms with Crippen LogP contribution in [0.1, 0.15) is 52.4 Å². The summed E-state index contributed by atoms with van der Waals surface area (Å²) in [5.74, 6) is -0.436. The number of rotatable bonds is 11. The van der Waals surface area contributed by atoms with Gasteiger partial charge in [-0.1, -0.05) is 13.8 Å². The van der Waals surface area contributed by atoms with E-state index in [1.54, 1.807) is 0 Å². The molecule has 0 N–H and O–H groups in total. The highest BCUT2D eigenvalue weighted by molar-refractivity contribution is 7.81. The Hall–Kier alpha value is -0.360. The van der Waals surface area contributed by atoms with Crippen molar-refractivity contribution < 1.29 is 19.1 Å². The summed E-state index contributed by atoms with van der Waals surface area (Å²) in [6.45, 7) is 4.69. The van der Waals surface area contributed by atoms with Crippen LogP contribution in [0.15, 0.2) is 0 Å². The number of carbonyl (C=O) groups is 2. The summed E-state index contributed by atoms with van der Waals surface area (Å²) in [5, 5.41) is 0.132. The summed E-state index contributed by atoms with van der Waals surface area (Å²) in [4.78, 5) is 22.7. The fourth-order valence-electron chi connectivity index (χ4n) is 1.37. The first-order valence-corrected chi connectivity index (χ1v) is 8.20. The van der Waals surface area contributed by atoms with Crippen LogP contribution in [0.5, 0.6) is 0 Å². The van der Waals surface area contributed by atoms with Crippen LogP contribution in [-0.4, -0.2) is 35.7 Å². The second kappa shape index (κ2) is 12.4. The van der Waals surface area contributed by atoms with Gasteiger partial charge in [-0.05, 0) is 25.7 Å². The third-order valence-corrected chi connectivity index (χ3v) is 3.91. The highest BCUT2D eigenvalue weighted by atomic mass is 32.1. The van der Waals surface area contributed by atoms with Crippen LogP contribution in [0, 0.1) is 0 Å². The minimum absolute atomic E-state index is 0.0659. The van der Waals surface area contributed by atoms with Gasteiger partial charge in [-0.2, -0.15) is 25.3 Å². The van der Waals surface area contributed by atoms with E-state index in [0.717, 1.165) is 12.8 Å². The molecular formula is C14H26O4S2. The van der Waals surface area contributed by atoms with Crippen molar-refractivity contribution in [2.75, 3.05) is 13.2 Å². The van der Waals surface area contributed by atoms with E-state index in [2.05, 4.69) is 25.3 Å². The molecule has 0 aromatic rings. The van der Waals surface area contributed by atoms with E-state index in [4.69, 9.17) is 9.47 Å². The van der Waals surface area contributed by atoms with Crippen molar-refractivity contribution in [3.8, 4) is 0 Å². The number of esters is 2. The van der Waals surface area contributed by atoms with Crippen molar-refractivity contribution in [2.45, 2.75) is 62.9 Å². The van der Waals surface area contributed by atoms with Crippen LogP contribution < -0.4 is 0 Å². The average molecular weight is 322 g/mol. The lowest BCUT2D eigenvalue weighted by molar-refractivity contribution is -0.146. The molecule has 0 rings (SSSR count). The molecule has 0 aliphatic rings. The van der Waals surface area contributed by atoms with Crippen LogP contribution in [0.3, 0.4) is 0 Å². The van der Waals surface area contributed by atoms with E-state index in [9.17, 15) is 9.59 Å². The number of unbranched alkanes of at least 4 members (excludes halogenated alkanes) is 1. The molecular weight excluding hydrogens is 296 g/mol. The summed E-state index contributed by atoms with van der Waals surface area (Å²) >= 11 is 8.48. The zero-order chi connectivity index (χ0) is 15.4. The van der Waals surface area contributed by atoms with E-state index in [-0.39, 0.29) is 22.4 Å². The zero-order valence-electron chi connectivity index (χ0n) is 12.3. The average Bonchev–Trinajstić information content (AvgIpc) is 2.42. The Morgan fingerprint density at radius 3 is 1.50 bits per heavy atom. The minimum atomic E-state index is -0.218. The third-order valence-electron chi connectivity index (χ3n) is 2.81. The summed E-state index contributed by atoms with van der Waals surface area (Å²) in [7, 11) is 0. The fraction of sp³-hybridized carbons (Fsp3) is 0.857. The zero-order valence-corrected chi connectivity index (χ0v) is 14.1. The van der Waals surface area contributed by atoms with Gasteiger partial charge in [-0.3, -0.25) is 9.59 Å². The Morgan fingerprint density at radius 2 is 1.20 bits per heavy atom. The van der Waals surface area contributed by atoms with Crippen molar-refractivity contribution >= 4 is 37.2 Å². The molecule has 0 aliphatic heterocycles. The van der Waals surface area contributed by atoms with Crippen molar-refractivity contribution in [2.24, 2.45) is 0 Å². The van der Waals surface area contributed by atoms with E-state index < -0.39 is 0 Å². The molecule has 2 unspecified atom stereocenters. The molecule has 0 bridgehead atoms. The topological polar surface area (TPSA) is 52.6 Å². The molecule has 0 fully saturated rings. The van der Waals surface area contributed by atoms with E-state index in [1.807, 2.05) is 13.8 Å². The van der Waals surface area contributed by atoms with Crippen molar-refractivity contribution in [3.05, 3.63) is 0 Å². The Kier molecular flexibility index (Phi) is 12.2. The summed E-state index contributed by atoms with van der Waals surface area (Å²) in [6.07, 6.45) is 3.76. The first kappa shape index (κ1) is 19.6. The molecule has 4 nitrogen and oxygen atoms in total. The van der Waals surface area contributed by atoms with E-state index in [1.165, 1.54) is 0 Å². The van der Waals surface area contributed by atoms with Gasteiger partial charge in [0.1, 0.15) is 0 Å². The maximum atomic E-state index is 11.3. The largest absolute Gasteiger partial charge is 0.466 e. The maximum absolute atomic E-state index is 11.3. The molecule has 2 atom stereocenters. The third kappa shape index (κ3) is 11.5. The monoisotopic (exact) mass is 322 g/mol. The van der Waals surface area contributed by atoms with Gasteiger partial charge in [0, 0.05) is 10.5 Å². The lowest BCUT2D eigenvalue weighted by Gasteiger charge is -2.09. The molecule has 0 saturated carbocycles. The molecule has 118 valence electrons. The lowest BCUT2D eigenvalue weighted by Crippen LogP contribution is -2.13. The van der Waals surface area contributed by atoms with Crippen molar-refractivity contribution in [3.63, 3.8) is 0 Å². The second-order valence-corrected chi connectivity index (χ2v) is 6.14. The molecule has 0 aromatic carbocycles. The summed E-state index contributed by atoms with van der Waals surface area (Å²) in [6, 6.07) is 0. The Morgan fingerprint density at radius 1 is 0.850 bits per heavy atom. The van der Waals surface area contributed by atoms with Gasteiger partial charge in [-0.25, -0.2) is 0 Å². The van der Waals surface area contributed by atoms with Gasteiger partial charge < -0.3 is 9.47 Å². The highest BCUT2D eigenvalue weighted by Crippen LogP contribution is 2.08. The Balaban J connectivity index is 3.44. The number of hydrogen-bond donors (Lipinski definition) is 2. The van der Waals surface area contributed by atoms with Gasteiger partial charge in [0.05, 0.1) is 26.1 Å². The highest BCUT2D eigenvalue weighted by Gasteiger charge is 2.10. The van der Waals surface area contributed by atoms with E-state index in [0.29, 0.717) is 38.9 Å². The number of thiol groups is 2. The van der Waals surface area contributed by atoms with Crippen molar-refractivity contribution in [1.29, 1.82) is 0 Å². The predicted octanol–water partition coefficient (Wildman–Crippen LogP) is 3.05. The summed E-state index contributed by atoms with van der Waals surface area (Å²) < 4.78 is 10.1. The number of carbonyl (C=O) groups excluding carboxylic acids is 2. The van der Waals surface area contributed by atoms with Gasteiger partial charge in [-0.15, -0.1) is 0 Å². The van der Waals surface area contributed by atoms with Gasteiger partial charge in [0.15, 0.2) is 0 Å². The quantitative estimate of drug-likeness (QED) is 0.349. The van der Waals surface area contributed by atoms with Crippen LogP contribution >= 0.6 is 25.3 Å². The van der Waals surface area contributed by atoms with Crippen LogP contribution in [0.25, 0.3) is 0 Å². The lowest BCUT2D eigenvalue weighted by atomic mass is 10.2. The molecule has 0 heterocycles. The fourth-order valence-corrected chi connectivity index (χ4v) is 1.67. The van der Waals surface area contributed by atoms with Gasteiger partial charge >= 0.3 is 11.9 Å². The molecule has 0 aromatic heterocycles. The smallest absolute Gasteiger partial charge is 0.306 e. The molecule has 0 amide bonds. The van der Waals surface area contributed by atoms with Gasteiger partial charge in [0.2, 0.25) is 0 Å². The molecule has 20 heavy (non-hydrogen) atoms. The molecule has 0 aliphatic carbocycles. The molecule has 0 radical (unpaired) electrons. The second-order valence-electron chi connectivity index (χ2n) is 4.68. The Labute approximate surface area is 132 Å². The van der Waals surface area contributed by atoms with E-state index >= 15 is 0 Å². The SMILES string of the molecule is CCC(S)CC(=O)OCCCCOC(=O)CC(S)CC. The molecule has 0 saturated heterocycles. The number of ether oxygens (including phenoxy) is 2. The first-order valence-electron chi connectivity index (χ1n) is 7.16. The summed E-state index contributed by atoms with van der Waals surface area (Å²) in [5.41, 5.74) is 0. The van der Waals surface area contributed by atoms with Crippen LogP contribution in [0.2, 0.25) is 0 Å². The minimum Gasteiger partial charge on any atom is -0.466 e. The first-order chi connectivity index (χ1) is 9.49. The van der Waals surface area contributed by atoms with Crippen molar-refractivity contribution in [1.82, 2.24) is 0 Å². The van der Waals surface area contributed by atoms with Crippen LogP contribution in [0.4, 0.5) is 0 Å². The predicted molar refractivity (Wildman–Crippen MR) is 86.5 cm³/mol. The standard InChI is InChI=1S/C14H26O4S2/c1-3-11(19)9-13(15)17-7-5-6-8-18-14(16)10-12(20)4-2/h11-12,19-20H,3-10H2,1-2H3. The molecule has 0 spiro atoms. The Bertz CT molecular complexity index is 256.